The normalized spacial score (nSPS) is 12.6. The molecular weight excluding hydrogens is 444 g/mol. The molecule has 0 aromatic heterocycles. The summed E-state index contributed by atoms with van der Waals surface area (Å²) < 4.78 is 92.3. The molecule has 2 N–H and O–H groups in total. The molecule has 0 aliphatic rings. The number of unbranched alkanes of at least 4 members (excludes halogenated alkanes) is 5. The van der Waals surface area contributed by atoms with Crippen LogP contribution in [-0.4, -0.2) is 53.9 Å². The molecule has 0 amide bonds. The number of rotatable bonds is 15. The number of carbonyl (C=O) groups is 2. The maximum absolute atomic E-state index is 13.0. The minimum absolute atomic E-state index is 0.151. The lowest BCUT2D eigenvalue weighted by atomic mass is 10.1. The van der Waals surface area contributed by atoms with Crippen LogP contribution < -0.4 is 0 Å². The number of esters is 2. The van der Waals surface area contributed by atoms with Crippen LogP contribution in [0, 0.1) is 0 Å². The first-order valence-corrected chi connectivity index (χ1v) is 9.77. The third kappa shape index (κ3) is 9.83. The number of hydrogen-bond donors (Lipinski definition) is 2. The highest BCUT2D eigenvalue weighted by atomic mass is 32.2. The maximum Gasteiger partial charge on any atom is 0.465 e. The molecule has 10 nitrogen and oxygen atoms in total. The Kier molecular flexibility index (Phi) is 11.9. The number of ether oxygens (including phenoxy) is 2. The van der Waals surface area contributed by atoms with E-state index >= 15 is 0 Å². The van der Waals surface area contributed by atoms with Gasteiger partial charge in [0.25, 0.3) is 0 Å². The van der Waals surface area contributed by atoms with Gasteiger partial charge in [-0.2, -0.15) is 26.0 Å². The smallest absolute Gasteiger partial charge is 0.460 e. The lowest BCUT2D eigenvalue weighted by Gasteiger charge is -2.12. The average molecular weight is 462 g/mol. The van der Waals surface area contributed by atoms with E-state index in [1.165, 1.54) is 0 Å². The molecule has 16 heteroatoms. The summed E-state index contributed by atoms with van der Waals surface area (Å²) >= 11 is -0.739. The fourth-order valence-corrected chi connectivity index (χ4v) is 2.12. The molecule has 0 saturated heterocycles. The molecule has 0 fully saturated rings. The Morgan fingerprint density at radius 1 is 0.857 bits per heavy atom. The van der Waals surface area contributed by atoms with E-state index < -0.39 is 51.2 Å². The van der Waals surface area contributed by atoms with Crippen LogP contribution in [-0.2, 0) is 38.6 Å². The predicted molar refractivity (Wildman–Crippen MR) is 83.5 cm³/mol. The molecule has 0 heterocycles. The van der Waals surface area contributed by atoms with E-state index in [0.29, 0.717) is 25.7 Å². The van der Waals surface area contributed by atoms with Crippen molar-refractivity contribution < 1.29 is 64.2 Å². The van der Waals surface area contributed by atoms with Crippen LogP contribution in [0.5, 0.6) is 0 Å². The largest absolute Gasteiger partial charge is 0.465 e. The van der Waals surface area contributed by atoms with Crippen molar-refractivity contribution in [3.63, 3.8) is 0 Å². The van der Waals surface area contributed by atoms with E-state index in [2.05, 4.69) is 18.8 Å². The molecule has 0 atom stereocenters. The van der Waals surface area contributed by atoms with Crippen molar-refractivity contribution in [3.05, 3.63) is 0 Å². The van der Waals surface area contributed by atoms with Crippen LogP contribution in [0.2, 0.25) is 0 Å². The standard InChI is InChI=1S/C12H18F4O10S2/c13-11(14,27-26-25-19)9(17)23-7-5-3-1-2-4-6-8-24-10(18)12(15,16)28(20,21)22/h19H,1-8H2,(H,20,21,22). The van der Waals surface area contributed by atoms with Crippen molar-refractivity contribution in [1.29, 1.82) is 0 Å². The lowest BCUT2D eigenvalue weighted by Crippen LogP contribution is -2.39. The molecule has 0 aliphatic carbocycles. The molecule has 0 rings (SSSR count). The first kappa shape index (κ1) is 26.8. The van der Waals surface area contributed by atoms with E-state index in [1.54, 1.807) is 0 Å². The zero-order chi connectivity index (χ0) is 21.8. The maximum atomic E-state index is 13.0. The lowest BCUT2D eigenvalue weighted by molar-refractivity contribution is -0.433. The third-order valence-corrected chi connectivity index (χ3v) is 4.29. The number of halogens is 4. The second kappa shape index (κ2) is 12.4. The van der Waals surface area contributed by atoms with Gasteiger partial charge in [-0.15, -0.1) is 4.33 Å². The van der Waals surface area contributed by atoms with Gasteiger partial charge in [-0.05, 0) is 12.8 Å². The van der Waals surface area contributed by atoms with Gasteiger partial charge in [-0.1, -0.05) is 30.7 Å². The van der Waals surface area contributed by atoms with E-state index in [9.17, 15) is 35.6 Å². The summed E-state index contributed by atoms with van der Waals surface area (Å²) in [6.07, 6.45) is 2.45. The quantitative estimate of drug-likeness (QED) is 0.0704. The highest BCUT2D eigenvalue weighted by molar-refractivity contribution is 7.96. The zero-order valence-electron chi connectivity index (χ0n) is 14.1. The van der Waals surface area contributed by atoms with Gasteiger partial charge in [-0.25, -0.2) is 14.8 Å². The van der Waals surface area contributed by atoms with Gasteiger partial charge < -0.3 is 9.47 Å². The first-order chi connectivity index (χ1) is 12.9. The highest BCUT2D eigenvalue weighted by Gasteiger charge is 2.54. The zero-order valence-corrected chi connectivity index (χ0v) is 15.8. The molecule has 166 valence electrons. The Balaban J connectivity index is 3.74. The van der Waals surface area contributed by atoms with Crippen LogP contribution in [0.4, 0.5) is 17.6 Å². The predicted octanol–water partition coefficient (Wildman–Crippen LogP) is 2.56. The fourth-order valence-electron chi connectivity index (χ4n) is 1.61. The van der Waals surface area contributed by atoms with Crippen LogP contribution in [0.1, 0.15) is 38.5 Å². The first-order valence-electron chi connectivity index (χ1n) is 7.59. The Labute approximate surface area is 161 Å². The third-order valence-electron chi connectivity index (χ3n) is 2.97. The summed E-state index contributed by atoms with van der Waals surface area (Å²) in [5.74, 6) is -4.25. The number of carbonyl (C=O) groups excluding carboxylic acids is 2. The fraction of sp³-hybridized carbons (Fsp3) is 0.833. The van der Waals surface area contributed by atoms with Gasteiger partial charge >= 0.3 is 32.6 Å². The van der Waals surface area contributed by atoms with Gasteiger partial charge in [0.2, 0.25) is 0 Å². The van der Waals surface area contributed by atoms with Crippen molar-refractivity contribution in [2.45, 2.75) is 49.0 Å². The molecule has 0 saturated carbocycles. The Morgan fingerprint density at radius 3 is 1.71 bits per heavy atom. The van der Waals surface area contributed by atoms with Gasteiger partial charge in [0, 0.05) is 0 Å². The topological polar surface area (TPSA) is 146 Å². The van der Waals surface area contributed by atoms with Crippen molar-refractivity contribution >= 4 is 34.1 Å². The summed E-state index contributed by atoms with van der Waals surface area (Å²) in [5.41, 5.74) is 0. The van der Waals surface area contributed by atoms with Crippen molar-refractivity contribution in [2.24, 2.45) is 0 Å². The van der Waals surface area contributed by atoms with Gasteiger partial charge in [0.1, 0.15) is 12.0 Å². The van der Waals surface area contributed by atoms with Gasteiger partial charge in [0.15, 0.2) is 0 Å². The van der Waals surface area contributed by atoms with E-state index in [1.807, 2.05) is 0 Å². The Hall–Kier alpha value is -1.20. The summed E-state index contributed by atoms with van der Waals surface area (Å²) in [7, 11) is -5.90. The molecule has 0 aromatic carbocycles. The second-order valence-electron chi connectivity index (χ2n) is 5.13. The molecule has 28 heavy (non-hydrogen) atoms. The minimum atomic E-state index is -5.90. The average Bonchev–Trinajstić information content (AvgIpc) is 2.59. The van der Waals surface area contributed by atoms with Crippen LogP contribution in [0.15, 0.2) is 0 Å². The van der Waals surface area contributed by atoms with Crippen molar-refractivity contribution in [2.75, 3.05) is 13.2 Å². The second-order valence-corrected chi connectivity index (χ2v) is 7.41. The van der Waals surface area contributed by atoms with Gasteiger partial charge in [-0.3, -0.25) is 4.55 Å². The van der Waals surface area contributed by atoms with Crippen LogP contribution in [0.3, 0.4) is 0 Å². The van der Waals surface area contributed by atoms with Crippen molar-refractivity contribution in [3.8, 4) is 0 Å². The molecule has 0 aliphatic heterocycles. The van der Waals surface area contributed by atoms with E-state index in [4.69, 9.17) is 9.81 Å². The summed E-state index contributed by atoms with van der Waals surface area (Å²) in [4.78, 5) is 21.9. The molecule has 0 radical (unpaired) electrons. The monoisotopic (exact) mass is 462 g/mol. The molecule has 0 bridgehead atoms. The summed E-state index contributed by atoms with van der Waals surface area (Å²) in [6.45, 7) is -0.773. The minimum Gasteiger partial charge on any atom is -0.460 e. The van der Waals surface area contributed by atoms with Gasteiger partial charge in [0.05, 0.1) is 13.2 Å². The Morgan fingerprint density at radius 2 is 1.29 bits per heavy atom. The molecule has 0 aromatic rings. The Bertz CT molecular complexity index is 599. The SMILES string of the molecule is O=C(OCCCCCCCCOC(=O)C(F)(F)S(=O)(=O)O)C(F)(F)SOOO. The molecular formula is C12H18F4O10S2. The van der Waals surface area contributed by atoms with Crippen molar-refractivity contribution in [1.82, 2.24) is 0 Å². The number of alkyl halides is 4. The van der Waals surface area contributed by atoms with E-state index in [0.717, 1.165) is 0 Å². The number of hydrogen-bond acceptors (Lipinski definition) is 10. The van der Waals surface area contributed by atoms with Crippen LogP contribution in [0.25, 0.3) is 0 Å². The molecule has 0 spiro atoms. The summed E-state index contributed by atoms with van der Waals surface area (Å²) in [6, 6.07) is 0. The molecule has 0 unspecified atom stereocenters. The highest BCUT2D eigenvalue weighted by Crippen LogP contribution is 2.31. The summed E-state index contributed by atoms with van der Waals surface area (Å²) in [5, 5.41) is 1.59. The van der Waals surface area contributed by atoms with E-state index in [-0.39, 0.29) is 19.4 Å². The van der Waals surface area contributed by atoms with Crippen LogP contribution >= 0.6 is 12.0 Å².